The number of fused-ring (bicyclic) bond motifs is 1. The number of nitrogens with zero attached hydrogens (tertiary/aromatic N) is 2. The third-order valence-corrected chi connectivity index (χ3v) is 7.91. The summed E-state index contributed by atoms with van der Waals surface area (Å²) in [5, 5.41) is 3.74. The van der Waals surface area contributed by atoms with Gasteiger partial charge in [-0.25, -0.2) is 8.42 Å². The Balaban J connectivity index is 1.45. The number of likely N-dealkylation sites (N-methyl/N-ethyl adjacent to an activating group) is 1. The van der Waals surface area contributed by atoms with E-state index in [0.717, 1.165) is 42.6 Å². The molecule has 1 amide bonds. The van der Waals surface area contributed by atoms with E-state index in [0.29, 0.717) is 18.8 Å². The first-order chi connectivity index (χ1) is 15.4. The lowest BCUT2D eigenvalue weighted by Gasteiger charge is -2.33. The maximum atomic E-state index is 13.1. The number of carbonyl (C=O) groups excluding carboxylic acids is 1. The first kappa shape index (κ1) is 22.5. The van der Waals surface area contributed by atoms with E-state index >= 15 is 0 Å². The number of hydrogen-bond donors (Lipinski definition) is 1. The van der Waals surface area contributed by atoms with Crippen LogP contribution in [0.4, 0.5) is 5.69 Å². The third kappa shape index (κ3) is 4.72. The lowest BCUT2D eigenvalue weighted by molar-refractivity contribution is -0.115. The van der Waals surface area contributed by atoms with Crippen molar-refractivity contribution in [3.8, 4) is 0 Å². The molecule has 0 aliphatic carbocycles. The van der Waals surface area contributed by atoms with Crippen LogP contribution in [0.5, 0.6) is 0 Å². The average molecular weight is 456 g/mol. The van der Waals surface area contributed by atoms with Gasteiger partial charge in [-0.2, -0.15) is 4.31 Å². The molecule has 3 aromatic rings. The molecule has 0 saturated carbocycles. The smallest absolute Gasteiger partial charge is 0.243 e. The summed E-state index contributed by atoms with van der Waals surface area (Å²) in [5.41, 5.74) is 3.21. The third-order valence-electron chi connectivity index (χ3n) is 6.01. The second-order valence-corrected chi connectivity index (χ2v) is 9.97. The Labute approximate surface area is 189 Å². The number of rotatable bonds is 7. The van der Waals surface area contributed by atoms with Gasteiger partial charge in [-0.05, 0) is 42.8 Å². The molecule has 170 valence electrons. The lowest BCUT2D eigenvalue weighted by atomic mass is 10.1. The summed E-state index contributed by atoms with van der Waals surface area (Å²) in [4.78, 5) is 15.1. The average Bonchev–Trinajstić information content (AvgIpc) is 3.20. The van der Waals surface area contributed by atoms with Gasteiger partial charge in [-0.15, -0.1) is 0 Å². The molecule has 7 nitrogen and oxygen atoms in total. The zero-order valence-electron chi connectivity index (χ0n) is 18.5. The first-order valence-electron chi connectivity index (χ1n) is 11.0. The van der Waals surface area contributed by atoms with Crippen molar-refractivity contribution in [3.63, 3.8) is 0 Å². The van der Waals surface area contributed by atoms with Crippen LogP contribution in [-0.4, -0.2) is 56.3 Å². The molecule has 32 heavy (non-hydrogen) atoms. The van der Waals surface area contributed by atoms with Crippen molar-refractivity contribution in [1.82, 2.24) is 9.21 Å². The van der Waals surface area contributed by atoms with Gasteiger partial charge >= 0.3 is 0 Å². The Hall–Kier alpha value is -2.68. The maximum Gasteiger partial charge on any atom is 0.243 e. The second kappa shape index (κ2) is 9.44. The number of carbonyl (C=O) groups is 1. The Morgan fingerprint density at radius 3 is 2.56 bits per heavy atom. The molecular formula is C24H29N3O4S. The van der Waals surface area contributed by atoms with E-state index in [2.05, 4.69) is 24.1 Å². The van der Waals surface area contributed by atoms with Crippen LogP contribution in [0.3, 0.4) is 0 Å². The van der Waals surface area contributed by atoms with E-state index < -0.39 is 10.0 Å². The number of amides is 1. The molecular weight excluding hydrogens is 426 g/mol. The van der Waals surface area contributed by atoms with Gasteiger partial charge in [-0.3, -0.25) is 4.79 Å². The fraction of sp³-hybridized carbons (Fsp3) is 0.375. The molecule has 0 radical (unpaired) electrons. The highest BCUT2D eigenvalue weighted by molar-refractivity contribution is 7.89. The topological polar surface area (TPSA) is 82.9 Å². The number of nitrogens with one attached hydrogen (secondary N) is 1. The van der Waals surface area contributed by atoms with E-state index in [1.807, 2.05) is 18.2 Å². The molecule has 0 unspecified atom stereocenters. The number of sulfonamides is 1. The van der Waals surface area contributed by atoms with Crippen LogP contribution in [0.1, 0.15) is 25.0 Å². The molecule has 4 rings (SSSR count). The lowest BCUT2D eigenvalue weighted by Crippen LogP contribution is -2.48. The molecule has 2 heterocycles. The second-order valence-electron chi connectivity index (χ2n) is 8.04. The SMILES string of the molecule is CCc1ccc2c(CC(=O)Nc3cccc(S(=O)(=O)N4CCN(CC)CC4)c3)coc2c1. The van der Waals surface area contributed by atoms with Gasteiger partial charge in [0.1, 0.15) is 5.58 Å². The molecule has 0 atom stereocenters. The summed E-state index contributed by atoms with van der Waals surface area (Å²) in [7, 11) is -3.60. The van der Waals surface area contributed by atoms with Crippen molar-refractivity contribution in [2.24, 2.45) is 0 Å². The largest absolute Gasteiger partial charge is 0.464 e. The Kier molecular flexibility index (Phi) is 6.64. The predicted molar refractivity (Wildman–Crippen MR) is 125 cm³/mol. The summed E-state index contributed by atoms with van der Waals surface area (Å²) in [6.07, 6.45) is 2.68. The van der Waals surface area contributed by atoms with E-state index in [1.54, 1.807) is 24.5 Å². The minimum Gasteiger partial charge on any atom is -0.464 e. The van der Waals surface area contributed by atoms with Gasteiger partial charge in [0, 0.05) is 42.8 Å². The number of aryl methyl sites for hydroxylation is 1. The van der Waals surface area contributed by atoms with Crippen LogP contribution in [0.2, 0.25) is 0 Å². The van der Waals surface area contributed by atoms with Crippen molar-refractivity contribution < 1.29 is 17.6 Å². The minimum atomic E-state index is -3.60. The van der Waals surface area contributed by atoms with Crippen molar-refractivity contribution in [1.29, 1.82) is 0 Å². The van der Waals surface area contributed by atoms with Crippen molar-refractivity contribution >= 4 is 32.6 Å². The highest BCUT2D eigenvalue weighted by Crippen LogP contribution is 2.24. The van der Waals surface area contributed by atoms with E-state index in [4.69, 9.17) is 4.42 Å². The molecule has 1 fully saturated rings. The summed E-state index contributed by atoms with van der Waals surface area (Å²) in [5.74, 6) is -0.224. The maximum absolute atomic E-state index is 13.1. The zero-order chi connectivity index (χ0) is 22.7. The van der Waals surface area contributed by atoms with Crippen LogP contribution in [0.15, 0.2) is 58.0 Å². The van der Waals surface area contributed by atoms with Crippen molar-refractivity contribution in [3.05, 3.63) is 59.9 Å². The highest BCUT2D eigenvalue weighted by Gasteiger charge is 2.28. The number of anilines is 1. The number of furan rings is 1. The van der Waals surface area contributed by atoms with Crippen molar-refractivity contribution in [2.45, 2.75) is 31.6 Å². The molecule has 1 aliphatic rings. The number of benzene rings is 2. The normalized spacial score (nSPS) is 15.8. The quantitative estimate of drug-likeness (QED) is 0.590. The van der Waals surface area contributed by atoms with E-state index in [1.165, 1.54) is 15.9 Å². The molecule has 1 aliphatic heterocycles. The fourth-order valence-corrected chi connectivity index (χ4v) is 5.50. The monoisotopic (exact) mass is 455 g/mol. The summed E-state index contributed by atoms with van der Waals surface area (Å²) >= 11 is 0. The molecule has 2 aromatic carbocycles. The van der Waals surface area contributed by atoms with Gasteiger partial charge in [0.2, 0.25) is 15.9 Å². The van der Waals surface area contributed by atoms with Gasteiger partial charge in [-0.1, -0.05) is 32.0 Å². The summed E-state index contributed by atoms with van der Waals surface area (Å²) < 4.78 is 33.3. The Bertz CT molecular complexity index is 1210. The van der Waals surface area contributed by atoms with E-state index in [-0.39, 0.29) is 17.2 Å². The van der Waals surface area contributed by atoms with Crippen LogP contribution < -0.4 is 5.32 Å². The molecule has 8 heteroatoms. The molecule has 0 bridgehead atoms. The molecule has 1 N–H and O–H groups in total. The van der Waals surface area contributed by atoms with E-state index in [9.17, 15) is 13.2 Å². The number of piperazine rings is 1. The summed E-state index contributed by atoms with van der Waals surface area (Å²) in [6.45, 7) is 7.47. The summed E-state index contributed by atoms with van der Waals surface area (Å²) in [6, 6.07) is 12.5. The van der Waals surface area contributed by atoms with Gasteiger partial charge in [0.15, 0.2) is 0 Å². The van der Waals surface area contributed by atoms with Gasteiger partial charge in [0.05, 0.1) is 17.6 Å². The molecule has 0 spiro atoms. The number of hydrogen-bond acceptors (Lipinski definition) is 5. The standard InChI is InChI=1S/C24H29N3O4S/c1-3-18-8-9-22-19(17-31-23(22)14-18)15-24(28)25-20-6-5-7-21(16-20)32(29,30)27-12-10-26(4-2)11-13-27/h5-9,14,16-17H,3-4,10-13,15H2,1-2H3,(H,25,28). The van der Waals surface area contributed by atoms with Crippen molar-refractivity contribution in [2.75, 3.05) is 38.0 Å². The first-order valence-corrected chi connectivity index (χ1v) is 12.5. The van der Waals surface area contributed by atoms with Crippen LogP contribution >= 0.6 is 0 Å². The van der Waals surface area contributed by atoms with Gasteiger partial charge < -0.3 is 14.6 Å². The minimum absolute atomic E-state index is 0.147. The molecule has 1 aromatic heterocycles. The van der Waals surface area contributed by atoms with Crippen LogP contribution in [0.25, 0.3) is 11.0 Å². The molecule has 1 saturated heterocycles. The van der Waals surface area contributed by atoms with Gasteiger partial charge in [0.25, 0.3) is 0 Å². The van der Waals surface area contributed by atoms with Crippen LogP contribution in [-0.2, 0) is 27.7 Å². The van der Waals surface area contributed by atoms with Crippen LogP contribution in [0, 0.1) is 0 Å². The predicted octanol–water partition coefficient (Wildman–Crippen LogP) is 3.50. The fourth-order valence-electron chi connectivity index (χ4n) is 4.03. The Morgan fingerprint density at radius 1 is 1.06 bits per heavy atom. The highest BCUT2D eigenvalue weighted by atomic mass is 32.2. The Morgan fingerprint density at radius 2 is 1.84 bits per heavy atom. The zero-order valence-corrected chi connectivity index (χ0v) is 19.3.